The van der Waals surface area contributed by atoms with Crippen LogP contribution in [0.2, 0.25) is 0 Å². The van der Waals surface area contributed by atoms with E-state index in [0.717, 1.165) is 22.3 Å². The number of aromatic hydroxyl groups is 1. The number of esters is 1. The number of hydrogen-bond acceptors (Lipinski definition) is 3. The minimum absolute atomic E-state index is 0.188. The fourth-order valence-electron chi connectivity index (χ4n) is 4.23. The van der Waals surface area contributed by atoms with E-state index in [1.54, 1.807) is 0 Å². The molecule has 0 amide bonds. The van der Waals surface area contributed by atoms with E-state index in [1.165, 1.54) is 17.2 Å². The largest absolute Gasteiger partial charge is 0.507 e. The lowest BCUT2D eigenvalue weighted by Gasteiger charge is -2.30. The molecule has 1 atom stereocenters. The van der Waals surface area contributed by atoms with E-state index in [4.69, 9.17) is 4.74 Å². The number of carbonyl (C=O) groups is 1. The first-order valence-electron chi connectivity index (χ1n) is 12.4. The van der Waals surface area contributed by atoms with E-state index in [-0.39, 0.29) is 16.7 Å². The van der Waals surface area contributed by atoms with Crippen LogP contribution in [0.1, 0.15) is 127 Å². The minimum Gasteiger partial charge on any atom is -0.507 e. The van der Waals surface area contributed by atoms with E-state index in [9.17, 15) is 9.90 Å². The van der Waals surface area contributed by atoms with Crippen molar-refractivity contribution in [3.05, 3.63) is 70.3 Å². The SMILES string of the molecule is C=CC(=O)Oc1c(C(C)c2cc(C(C)C)cc(C(C)(C)C)c2O)cc(C(C)C)cc1C(C)(C)C. The molecule has 0 spiro atoms. The summed E-state index contributed by atoms with van der Waals surface area (Å²) >= 11 is 0. The van der Waals surface area contributed by atoms with Crippen molar-refractivity contribution < 1.29 is 14.6 Å². The van der Waals surface area contributed by atoms with Gasteiger partial charge in [0.25, 0.3) is 0 Å². The minimum atomic E-state index is -0.480. The Morgan fingerprint density at radius 3 is 1.68 bits per heavy atom. The molecule has 2 aromatic carbocycles. The molecule has 0 aromatic heterocycles. The van der Waals surface area contributed by atoms with Gasteiger partial charge in [0.2, 0.25) is 0 Å². The molecule has 2 aromatic rings. The quantitative estimate of drug-likeness (QED) is 0.265. The fourth-order valence-corrected chi connectivity index (χ4v) is 4.23. The van der Waals surface area contributed by atoms with Crippen LogP contribution in [0.4, 0.5) is 0 Å². The number of carbonyl (C=O) groups excluding carboxylic acids is 1. The van der Waals surface area contributed by atoms with Crippen molar-refractivity contribution in [3.8, 4) is 11.5 Å². The van der Waals surface area contributed by atoms with Gasteiger partial charge in [-0.2, -0.15) is 0 Å². The Balaban J connectivity index is 2.94. The van der Waals surface area contributed by atoms with Gasteiger partial charge in [-0.15, -0.1) is 0 Å². The maximum atomic E-state index is 12.4. The van der Waals surface area contributed by atoms with Crippen molar-refractivity contribution in [1.29, 1.82) is 0 Å². The summed E-state index contributed by atoms with van der Waals surface area (Å²) in [4.78, 5) is 12.4. The predicted molar refractivity (Wildman–Crippen MR) is 143 cm³/mol. The molecule has 0 saturated carbocycles. The van der Waals surface area contributed by atoms with Gasteiger partial charge in [-0.05, 0) is 39.4 Å². The summed E-state index contributed by atoms with van der Waals surface area (Å²) in [5.74, 6) is 0.840. The Bertz CT molecular complexity index is 1060. The van der Waals surface area contributed by atoms with Crippen LogP contribution >= 0.6 is 0 Å². The number of phenolic OH excluding ortho intramolecular Hbond substituents is 1. The highest BCUT2D eigenvalue weighted by molar-refractivity contribution is 5.84. The lowest BCUT2D eigenvalue weighted by Crippen LogP contribution is -2.19. The average Bonchev–Trinajstić information content (AvgIpc) is 2.71. The van der Waals surface area contributed by atoms with Crippen molar-refractivity contribution >= 4 is 5.97 Å². The lowest BCUT2D eigenvalue weighted by molar-refractivity contribution is -0.129. The molecule has 186 valence electrons. The first kappa shape index (κ1) is 27.7. The number of hydrogen-bond donors (Lipinski definition) is 1. The molecule has 0 aliphatic carbocycles. The number of benzene rings is 2. The summed E-state index contributed by atoms with van der Waals surface area (Å²) in [5, 5.41) is 11.5. The molecule has 0 aliphatic heterocycles. The molecule has 3 heteroatoms. The summed E-state index contributed by atoms with van der Waals surface area (Å²) in [7, 11) is 0. The zero-order chi connectivity index (χ0) is 26.2. The second-order valence-electron chi connectivity index (χ2n) is 12.1. The second kappa shape index (κ2) is 9.98. The van der Waals surface area contributed by atoms with Gasteiger partial charge in [-0.1, -0.05) is 107 Å². The molecular weight excluding hydrogens is 420 g/mol. The summed E-state index contributed by atoms with van der Waals surface area (Å²) in [6, 6.07) is 8.52. The van der Waals surface area contributed by atoms with Crippen LogP contribution in [0, 0.1) is 0 Å². The molecule has 2 rings (SSSR count). The van der Waals surface area contributed by atoms with E-state index in [2.05, 4.69) is 107 Å². The Morgan fingerprint density at radius 1 is 0.824 bits per heavy atom. The second-order valence-corrected chi connectivity index (χ2v) is 12.1. The summed E-state index contributed by atoms with van der Waals surface area (Å²) < 4.78 is 5.91. The average molecular weight is 465 g/mol. The third kappa shape index (κ3) is 5.92. The van der Waals surface area contributed by atoms with Crippen molar-refractivity contribution in [2.45, 2.75) is 105 Å². The van der Waals surface area contributed by atoms with Crippen molar-refractivity contribution in [1.82, 2.24) is 0 Å². The molecule has 0 radical (unpaired) electrons. The van der Waals surface area contributed by atoms with E-state index in [0.29, 0.717) is 23.3 Å². The van der Waals surface area contributed by atoms with Crippen LogP contribution < -0.4 is 4.74 Å². The fraction of sp³-hybridized carbons (Fsp3) is 0.516. The highest BCUT2D eigenvalue weighted by Gasteiger charge is 2.30. The van der Waals surface area contributed by atoms with Gasteiger partial charge < -0.3 is 9.84 Å². The highest BCUT2D eigenvalue weighted by atomic mass is 16.5. The topological polar surface area (TPSA) is 46.5 Å². The maximum Gasteiger partial charge on any atom is 0.335 e. The van der Waals surface area contributed by atoms with E-state index in [1.807, 2.05) is 0 Å². The number of rotatable bonds is 6. The molecular formula is C31H44O3. The van der Waals surface area contributed by atoms with Gasteiger partial charge in [0.15, 0.2) is 0 Å². The first-order chi connectivity index (χ1) is 15.5. The van der Waals surface area contributed by atoms with Crippen LogP contribution in [0.25, 0.3) is 0 Å². The molecule has 0 saturated heterocycles. The molecule has 0 heterocycles. The summed E-state index contributed by atoms with van der Waals surface area (Å²) in [6.45, 7) is 27.1. The molecule has 0 aliphatic rings. The third-order valence-corrected chi connectivity index (χ3v) is 6.55. The van der Waals surface area contributed by atoms with Crippen molar-refractivity contribution in [2.75, 3.05) is 0 Å². The Labute approximate surface area is 207 Å². The van der Waals surface area contributed by atoms with Crippen LogP contribution in [0.15, 0.2) is 36.9 Å². The standard InChI is InChI=1S/C31H44O3/c1-13-27(32)34-29-24(15-22(19(4)5)17-26(29)31(10,11)12)20(6)23-14-21(18(2)3)16-25(28(23)33)30(7,8)9/h13-20,33H,1H2,2-12H3. The normalized spacial score (nSPS) is 13.3. The van der Waals surface area contributed by atoms with Crippen LogP contribution in [-0.2, 0) is 15.6 Å². The van der Waals surface area contributed by atoms with Gasteiger partial charge >= 0.3 is 5.97 Å². The molecule has 34 heavy (non-hydrogen) atoms. The molecule has 3 nitrogen and oxygen atoms in total. The van der Waals surface area contributed by atoms with Crippen molar-refractivity contribution in [3.63, 3.8) is 0 Å². The third-order valence-electron chi connectivity index (χ3n) is 6.55. The Kier molecular flexibility index (Phi) is 8.13. The van der Waals surface area contributed by atoms with Gasteiger partial charge in [-0.25, -0.2) is 4.79 Å². The molecule has 1 unspecified atom stereocenters. The summed E-state index contributed by atoms with van der Waals surface area (Å²) in [5.41, 5.74) is 5.58. The summed E-state index contributed by atoms with van der Waals surface area (Å²) in [6.07, 6.45) is 1.20. The van der Waals surface area contributed by atoms with Gasteiger partial charge in [-0.3, -0.25) is 0 Å². The monoisotopic (exact) mass is 464 g/mol. The molecule has 0 fully saturated rings. The highest BCUT2D eigenvalue weighted by Crippen LogP contribution is 2.46. The van der Waals surface area contributed by atoms with Gasteiger partial charge in [0, 0.05) is 28.7 Å². The van der Waals surface area contributed by atoms with Gasteiger partial charge in [0.05, 0.1) is 0 Å². The molecule has 1 N–H and O–H groups in total. The van der Waals surface area contributed by atoms with E-state index >= 15 is 0 Å². The van der Waals surface area contributed by atoms with Crippen LogP contribution in [0.5, 0.6) is 11.5 Å². The maximum absolute atomic E-state index is 12.4. The number of ether oxygens (including phenoxy) is 1. The van der Waals surface area contributed by atoms with E-state index < -0.39 is 5.97 Å². The molecule has 0 bridgehead atoms. The zero-order valence-corrected chi connectivity index (χ0v) is 23.1. The van der Waals surface area contributed by atoms with Crippen molar-refractivity contribution in [2.24, 2.45) is 0 Å². The first-order valence-corrected chi connectivity index (χ1v) is 12.4. The van der Waals surface area contributed by atoms with Crippen LogP contribution in [-0.4, -0.2) is 11.1 Å². The zero-order valence-electron chi connectivity index (χ0n) is 23.1. The smallest absolute Gasteiger partial charge is 0.335 e. The van der Waals surface area contributed by atoms with Crippen LogP contribution in [0.3, 0.4) is 0 Å². The van der Waals surface area contributed by atoms with Gasteiger partial charge in [0.1, 0.15) is 11.5 Å². The Morgan fingerprint density at radius 2 is 1.26 bits per heavy atom. The predicted octanol–water partition coefficient (Wildman–Crippen LogP) is 8.48. The number of phenols is 1. The lowest BCUT2D eigenvalue weighted by atomic mass is 9.77. The Hall–Kier alpha value is -2.55.